The average molecular weight is 265 g/mol. The lowest BCUT2D eigenvalue weighted by molar-refractivity contribution is 0.415. The zero-order valence-electron chi connectivity index (χ0n) is 10.3. The fourth-order valence-electron chi connectivity index (χ4n) is 1.59. The summed E-state index contributed by atoms with van der Waals surface area (Å²) in [5.74, 6) is 6.22. The number of hydrazine groups is 1. The number of nitrogen functional groups attached to an aromatic ring is 1. The highest BCUT2D eigenvalue weighted by molar-refractivity contribution is 7.10. The number of hydrogen-bond donors (Lipinski definition) is 2. The van der Waals surface area contributed by atoms with E-state index in [4.69, 9.17) is 10.6 Å². The lowest BCUT2D eigenvalue weighted by Crippen LogP contribution is -2.18. The van der Waals surface area contributed by atoms with E-state index >= 15 is 0 Å². The van der Waals surface area contributed by atoms with Gasteiger partial charge in [0.1, 0.15) is 16.4 Å². The van der Waals surface area contributed by atoms with Crippen molar-refractivity contribution in [1.82, 2.24) is 9.59 Å². The SMILES string of the molecule is COc1cccc(N(C)Cc2nnsc2NN)c1. The summed E-state index contributed by atoms with van der Waals surface area (Å²) in [6.45, 7) is 0.628. The molecule has 0 unspecified atom stereocenters. The topological polar surface area (TPSA) is 76.3 Å². The van der Waals surface area contributed by atoms with E-state index in [1.165, 1.54) is 11.5 Å². The van der Waals surface area contributed by atoms with Crippen LogP contribution in [0.25, 0.3) is 0 Å². The van der Waals surface area contributed by atoms with Gasteiger partial charge in [0.05, 0.1) is 13.7 Å². The van der Waals surface area contributed by atoms with Gasteiger partial charge in [-0.15, -0.1) is 5.10 Å². The highest BCUT2D eigenvalue weighted by Crippen LogP contribution is 2.23. The third-order valence-electron chi connectivity index (χ3n) is 2.57. The lowest BCUT2D eigenvalue weighted by atomic mass is 10.2. The summed E-state index contributed by atoms with van der Waals surface area (Å²) in [5.41, 5.74) is 4.47. The Hall–Kier alpha value is -1.86. The van der Waals surface area contributed by atoms with Gasteiger partial charge in [-0.2, -0.15) is 0 Å². The maximum absolute atomic E-state index is 5.40. The van der Waals surface area contributed by atoms with Crippen molar-refractivity contribution in [2.45, 2.75) is 6.54 Å². The highest BCUT2D eigenvalue weighted by Gasteiger charge is 2.10. The van der Waals surface area contributed by atoms with Crippen molar-refractivity contribution in [3.05, 3.63) is 30.0 Å². The van der Waals surface area contributed by atoms with Gasteiger partial charge in [0, 0.05) is 30.3 Å². The van der Waals surface area contributed by atoms with Crippen LogP contribution < -0.4 is 20.9 Å². The Morgan fingerprint density at radius 3 is 3.06 bits per heavy atom. The van der Waals surface area contributed by atoms with E-state index in [0.717, 1.165) is 22.1 Å². The van der Waals surface area contributed by atoms with Crippen LogP contribution in [-0.2, 0) is 6.54 Å². The zero-order chi connectivity index (χ0) is 13.0. The van der Waals surface area contributed by atoms with Gasteiger partial charge >= 0.3 is 0 Å². The summed E-state index contributed by atoms with van der Waals surface area (Å²) < 4.78 is 9.07. The van der Waals surface area contributed by atoms with Crippen LogP contribution in [0.3, 0.4) is 0 Å². The first-order valence-corrected chi connectivity index (χ1v) is 6.15. The molecule has 0 saturated heterocycles. The normalized spacial score (nSPS) is 10.2. The molecule has 0 aliphatic carbocycles. The molecule has 1 aromatic carbocycles. The predicted octanol–water partition coefficient (Wildman–Crippen LogP) is 1.47. The number of methoxy groups -OCH3 is 1. The maximum atomic E-state index is 5.40. The van der Waals surface area contributed by atoms with Crippen LogP contribution in [0.15, 0.2) is 24.3 Å². The number of rotatable bonds is 5. The monoisotopic (exact) mass is 265 g/mol. The second-order valence-corrected chi connectivity index (χ2v) is 4.50. The molecule has 18 heavy (non-hydrogen) atoms. The number of nitrogens with two attached hydrogens (primary N) is 1. The largest absolute Gasteiger partial charge is 0.497 e. The van der Waals surface area contributed by atoms with E-state index in [-0.39, 0.29) is 0 Å². The van der Waals surface area contributed by atoms with Crippen LogP contribution >= 0.6 is 11.5 Å². The van der Waals surface area contributed by atoms with Crippen molar-refractivity contribution in [3.63, 3.8) is 0 Å². The van der Waals surface area contributed by atoms with Gasteiger partial charge in [0.2, 0.25) is 0 Å². The van der Waals surface area contributed by atoms with E-state index in [1.807, 2.05) is 31.3 Å². The molecule has 0 fully saturated rings. The number of ether oxygens (including phenoxy) is 1. The summed E-state index contributed by atoms with van der Waals surface area (Å²) in [4.78, 5) is 2.06. The Morgan fingerprint density at radius 2 is 2.33 bits per heavy atom. The van der Waals surface area contributed by atoms with Crippen molar-refractivity contribution in [3.8, 4) is 5.75 Å². The first-order chi connectivity index (χ1) is 8.74. The summed E-state index contributed by atoms with van der Waals surface area (Å²) in [5, 5.41) is 4.83. The van der Waals surface area contributed by atoms with Crippen molar-refractivity contribution < 1.29 is 4.74 Å². The maximum Gasteiger partial charge on any atom is 0.149 e. The van der Waals surface area contributed by atoms with Gasteiger partial charge in [-0.05, 0) is 12.1 Å². The molecule has 0 aliphatic rings. The second-order valence-electron chi connectivity index (χ2n) is 3.75. The Balaban J connectivity index is 2.13. The molecule has 2 rings (SSSR count). The second kappa shape index (κ2) is 5.65. The van der Waals surface area contributed by atoms with Gasteiger partial charge in [-0.1, -0.05) is 10.6 Å². The van der Waals surface area contributed by atoms with E-state index in [1.54, 1.807) is 7.11 Å². The van der Waals surface area contributed by atoms with Gasteiger partial charge in [-0.25, -0.2) is 5.84 Å². The molecule has 0 saturated carbocycles. The standard InChI is InChI=1S/C11H15N5OS/c1-16(7-10-11(13-12)18-15-14-10)8-4-3-5-9(6-8)17-2/h3-6,13H,7,12H2,1-2H3. The Bertz CT molecular complexity index is 516. The Kier molecular flexibility index (Phi) is 3.96. The minimum Gasteiger partial charge on any atom is -0.497 e. The number of nitrogens with zero attached hydrogens (tertiary/aromatic N) is 3. The van der Waals surface area contributed by atoms with E-state index in [2.05, 4.69) is 19.9 Å². The van der Waals surface area contributed by atoms with Crippen LogP contribution in [-0.4, -0.2) is 23.7 Å². The van der Waals surface area contributed by atoms with Crippen molar-refractivity contribution in [2.75, 3.05) is 24.5 Å². The van der Waals surface area contributed by atoms with Crippen molar-refractivity contribution in [2.24, 2.45) is 5.84 Å². The van der Waals surface area contributed by atoms with Crippen LogP contribution in [0, 0.1) is 0 Å². The van der Waals surface area contributed by atoms with Gasteiger partial charge in [-0.3, -0.25) is 0 Å². The predicted molar refractivity (Wildman–Crippen MR) is 72.8 cm³/mol. The fourth-order valence-corrected chi connectivity index (χ4v) is 2.07. The van der Waals surface area contributed by atoms with E-state index < -0.39 is 0 Å². The highest BCUT2D eigenvalue weighted by atomic mass is 32.1. The molecular formula is C11H15N5OS. The third kappa shape index (κ3) is 2.69. The van der Waals surface area contributed by atoms with Crippen LogP contribution in [0.1, 0.15) is 5.69 Å². The first kappa shape index (κ1) is 12.6. The average Bonchev–Trinajstić information content (AvgIpc) is 2.86. The molecule has 0 radical (unpaired) electrons. The first-order valence-electron chi connectivity index (χ1n) is 5.37. The molecule has 0 amide bonds. The van der Waals surface area contributed by atoms with Crippen LogP contribution in [0.4, 0.5) is 10.7 Å². The van der Waals surface area contributed by atoms with Gasteiger partial charge in [0.15, 0.2) is 0 Å². The zero-order valence-corrected chi connectivity index (χ0v) is 11.1. The van der Waals surface area contributed by atoms with Crippen LogP contribution in [0.5, 0.6) is 5.75 Å². The van der Waals surface area contributed by atoms with Gasteiger partial charge < -0.3 is 15.1 Å². The minimum atomic E-state index is 0.628. The van der Waals surface area contributed by atoms with Crippen molar-refractivity contribution >= 4 is 22.2 Å². The smallest absolute Gasteiger partial charge is 0.149 e. The Morgan fingerprint density at radius 1 is 1.50 bits per heavy atom. The molecule has 2 aromatic rings. The lowest BCUT2D eigenvalue weighted by Gasteiger charge is -2.19. The number of hydrogen-bond acceptors (Lipinski definition) is 7. The fraction of sp³-hybridized carbons (Fsp3) is 0.273. The molecule has 1 heterocycles. The van der Waals surface area contributed by atoms with Gasteiger partial charge in [0.25, 0.3) is 0 Å². The van der Waals surface area contributed by atoms with Crippen LogP contribution in [0.2, 0.25) is 0 Å². The summed E-state index contributed by atoms with van der Waals surface area (Å²) in [7, 11) is 3.63. The van der Waals surface area contributed by atoms with E-state index in [0.29, 0.717) is 6.54 Å². The summed E-state index contributed by atoms with van der Waals surface area (Å²) in [6, 6.07) is 7.84. The molecule has 6 nitrogen and oxygen atoms in total. The molecule has 0 spiro atoms. The third-order valence-corrected chi connectivity index (χ3v) is 3.27. The minimum absolute atomic E-state index is 0.628. The summed E-state index contributed by atoms with van der Waals surface area (Å²) in [6.07, 6.45) is 0. The molecule has 96 valence electrons. The number of aromatic nitrogens is 2. The van der Waals surface area contributed by atoms with Crippen molar-refractivity contribution in [1.29, 1.82) is 0 Å². The molecule has 3 N–H and O–H groups in total. The van der Waals surface area contributed by atoms with E-state index in [9.17, 15) is 0 Å². The molecule has 0 atom stereocenters. The molecule has 1 aromatic heterocycles. The number of anilines is 2. The molecule has 0 bridgehead atoms. The number of nitrogens with one attached hydrogen (secondary N) is 1. The number of benzene rings is 1. The quantitative estimate of drug-likeness (QED) is 0.630. The molecule has 7 heteroatoms. The summed E-state index contributed by atoms with van der Waals surface area (Å²) >= 11 is 1.25. The Labute approximate surface area is 110 Å². The molecule has 0 aliphatic heterocycles. The molecular weight excluding hydrogens is 250 g/mol.